The minimum Gasteiger partial charge on any atom is -0.490 e. The molecule has 0 heterocycles. The summed E-state index contributed by atoms with van der Waals surface area (Å²) in [5.41, 5.74) is 0.656. The molecule has 0 unspecified atom stereocenters. The number of halogens is 4. The van der Waals surface area contributed by atoms with Crippen LogP contribution in [-0.4, -0.2) is 13.6 Å². The molecule has 7 heteroatoms. The van der Waals surface area contributed by atoms with Crippen LogP contribution in [0.25, 0.3) is 0 Å². The molecule has 0 radical (unpaired) electrons. The molecule has 1 aromatic rings. The SMILES string of the molecule is F[B-](F)(F)c1ccc(OC/C=C/Cl)cc1.[K+]. The Balaban J connectivity index is 0.00000225. The maximum atomic E-state index is 12.2. The fraction of sp³-hybridized carbons (Fsp3) is 0.111. The molecule has 0 spiro atoms. The van der Waals surface area contributed by atoms with Crippen LogP contribution in [0.2, 0.25) is 0 Å². The van der Waals surface area contributed by atoms with Crippen molar-refractivity contribution >= 4 is 24.0 Å². The molecule has 1 nitrogen and oxygen atoms in total. The summed E-state index contributed by atoms with van der Waals surface area (Å²) in [6.45, 7) is -4.69. The number of hydrogen-bond acceptors (Lipinski definition) is 1. The van der Waals surface area contributed by atoms with Crippen LogP contribution in [0, 0.1) is 0 Å². The maximum absolute atomic E-state index is 12.2. The van der Waals surface area contributed by atoms with Gasteiger partial charge in [0.15, 0.2) is 0 Å². The van der Waals surface area contributed by atoms with Gasteiger partial charge in [-0.25, -0.2) is 0 Å². The van der Waals surface area contributed by atoms with Crippen molar-refractivity contribution in [3.63, 3.8) is 0 Å². The van der Waals surface area contributed by atoms with E-state index in [1.165, 1.54) is 17.7 Å². The summed E-state index contributed by atoms with van der Waals surface area (Å²) in [5, 5.41) is 0. The average Bonchev–Trinajstić information content (AvgIpc) is 2.18. The third-order valence-electron chi connectivity index (χ3n) is 1.69. The van der Waals surface area contributed by atoms with Crippen molar-refractivity contribution < 1.29 is 69.1 Å². The van der Waals surface area contributed by atoms with Crippen molar-refractivity contribution in [1.29, 1.82) is 0 Å². The fourth-order valence-corrected chi connectivity index (χ4v) is 1.04. The van der Waals surface area contributed by atoms with Crippen LogP contribution in [0.5, 0.6) is 5.75 Å². The van der Waals surface area contributed by atoms with Gasteiger partial charge in [0.25, 0.3) is 0 Å². The van der Waals surface area contributed by atoms with E-state index in [-0.39, 0.29) is 58.0 Å². The Morgan fingerprint density at radius 3 is 2.19 bits per heavy atom. The van der Waals surface area contributed by atoms with Gasteiger partial charge in [0, 0.05) is 5.54 Å². The molecular formula is C9H8BClF3KO. The average molecular weight is 275 g/mol. The summed E-state index contributed by atoms with van der Waals surface area (Å²) in [6.07, 6.45) is 1.54. The Morgan fingerprint density at radius 1 is 1.19 bits per heavy atom. The van der Waals surface area contributed by atoms with Crippen LogP contribution >= 0.6 is 11.6 Å². The number of hydrogen-bond donors (Lipinski definition) is 0. The van der Waals surface area contributed by atoms with Gasteiger partial charge in [0.2, 0.25) is 0 Å². The molecule has 82 valence electrons. The molecule has 1 aromatic carbocycles. The summed E-state index contributed by atoms with van der Waals surface area (Å²) in [5.74, 6) is 0.383. The van der Waals surface area contributed by atoms with Gasteiger partial charge in [-0.1, -0.05) is 23.7 Å². The Labute approximate surface area is 139 Å². The standard InChI is InChI=1S/C9H8BClF3O.K/c11-6-1-7-15-9-4-2-8(3-5-9)10(12,13)14;/h1-6H,7H2;/q-1;+1/b6-1+;. The Kier molecular flexibility index (Phi) is 8.05. The largest absolute Gasteiger partial charge is 1.00 e. The molecule has 0 N–H and O–H groups in total. The number of ether oxygens (including phenoxy) is 1. The van der Waals surface area contributed by atoms with Gasteiger partial charge in [0.05, 0.1) is 0 Å². The van der Waals surface area contributed by atoms with Gasteiger partial charge in [-0.2, -0.15) is 0 Å². The predicted molar refractivity (Wildman–Crippen MR) is 55.6 cm³/mol. The van der Waals surface area contributed by atoms with Crippen molar-refractivity contribution in [2.24, 2.45) is 0 Å². The first-order valence-corrected chi connectivity index (χ1v) is 4.65. The van der Waals surface area contributed by atoms with Crippen molar-refractivity contribution in [3.8, 4) is 5.75 Å². The van der Waals surface area contributed by atoms with E-state index < -0.39 is 12.4 Å². The van der Waals surface area contributed by atoms with Crippen LogP contribution in [0.4, 0.5) is 12.9 Å². The van der Waals surface area contributed by atoms with Crippen LogP contribution in [0.15, 0.2) is 35.9 Å². The molecule has 0 atom stereocenters. The summed E-state index contributed by atoms with van der Waals surface area (Å²) < 4.78 is 41.7. The van der Waals surface area contributed by atoms with Crippen LogP contribution in [0.3, 0.4) is 0 Å². The molecule has 0 saturated heterocycles. The molecule has 0 saturated carbocycles. The quantitative estimate of drug-likeness (QED) is 0.696. The molecule has 0 bridgehead atoms. The predicted octanol–water partition coefficient (Wildman–Crippen LogP) is -0.124. The molecule has 0 amide bonds. The van der Waals surface area contributed by atoms with E-state index in [0.29, 0.717) is 5.75 Å². The summed E-state index contributed by atoms with van der Waals surface area (Å²) in [4.78, 5) is 0. The van der Waals surface area contributed by atoms with Gasteiger partial charge < -0.3 is 17.7 Å². The minimum absolute atomic E-state index is 0. The second-order valence-electron chi connectivity index (χ2n) is 2.82. The second-order valence-corrected chi connectivity index (χ2v) is 3.07. The van der Waals surface area contributed by atoms with E-state index in [9.17, 15) is 12.9 Å². The van der Waals surface area contributed by atoms with Crippen LogP contribution in [0.1, 0.15) is 0 Å². The van der Waals surface area contributed by atoms with E-state index in [0.717, 1.165) is 12.1 Å². The smallest absolute Gasteiger partial charge is 0.490 e. The van der Waals surface area contributed by atoms with Gasteiger partial charge >= 0.3 is 58.4 Å². The van der Waals surface area contributed by atoms with Crippen LogP contribution < -0.4 is 61.6 Å². The Hall–Kier alpha value is 0.541. The minimum atomic E-state index is -4.93. The van der Waals surface area contributed by atoms with E-state index in [1.54, 1.807) is 6.08 Å². The molecule has 1 rings (SSSR count). The first kappa shape index (κ1) is 16.5. The summed E-state index contributed by atoms with van der Waals surface area (Å²) in [7, 11) is 0. The normalized spacial score (nSPS) is 11.2. The third-order valence-corrected chi connectivity index (χ3v) is 1.87. The molecular weight excluding hydrogens is 266 g/mol. The molecule has 0 aromatic heterocycles. The zero-order chi connectivity index (χ0) is 11.3. The van der Waals surface area contributed by atoms with Gasteiger partial charge in [-0.05, 0) is 18.2 Å². The summed E-state index contributed by atoms with van der Waals surface area (Å²) >= 11 is 5.25. The Bertz CT molecular complexity index is 340. The monoisotopic (exact) mass is 274 g/mol. The molecule has 0 aliphatic carbocycles. The number of benzene rings is 1. The first-order chi connectivity index (χ1) is 7.04. The first-order valence-electron chi connectivity index (χ1n) is 4.22. The third kappa shape index (κ3) is 5.75. The van der Waals surface area contributed by atoms with Gasteiger partial charge in [-0.15, -0.1) is 5.46 Å². The topological polar surface area (TPSA) is 9.23 Å². The van der Waals surface area contributed by atoms with Crippen LogP contribution in [-0.2, 0) is 0 Å². The molecule has 0 fully saturated rings. The zero-order valence-electron chi connectivity index (χ0n) is 8.67. The van der Waals surface area contributed by atoms with Gasteiger partial charge in [-0.3, -0.25) is 0 Å². The van der Waals surface area contributed by atoms with Crippen molar-refractivity contribution in [1.82, 2.24) is 0 Å². The fourth-order valence-electron chi connectivity index (χ4n) is 0.963. The molecule has 0 aliphatic rings. The van der Waals surface area contributed by atoms with Gasteiger partial charge in [0.1, 0.15) is 12.4 Å². The maximum Gasteiger partial charge on any atom is 1.00 e. The summed E-state index contributed by atoms with van der Waals surface area (Å²) in [6, 6.07) is 4.57. The second kappa shape index (κ2) is 7.79. The molecule has 0 aliphatic heterocycles. The Morgan fingerprint density at radius 2 is 1.75 bits per heavy atom. The van der Waals surface area contributed by atoms with E-state index in [1.807, 2.05) is 0 Å². The van der Waals surface area contributed by atoms with E-state index >= 15 is 0 Å². The van der Waals surface area contributed by atoms with Crippen molar-refractivity contribution in [3.05, 3.63) is 35.9 Å². The van der Waals surface area contributed by atoms with E-state index in [4.69, 9.17) is 16.3 Å². The van der Waals surface area contributed by atoms with Crippen molar-refractivity contribution in [2.45, 2.75) is 0 Å². The zero-order valence-corrected chi connectivity index (χ0v) is 12.5. The van der Waals surface area contributed by atoms with E-state index in [2.05, 4.69) is 0 Å². The molecule has 16 heavy (non-hydrogen) atoms. The van der Waals surface area contributed by atoms with Crippen molar-refractivity contribution in [2.75, 3.05) is 6.61 Å². The number of rotatable bonds is 4.